The molecule has 0 unspecified atom stereocenters. The third-order valence-electron chi connectivity index (χ3n) is 5.78. The molecule has 11 heteroatoms. The SMILES string of the molecule is C1CCN(C2COC2)C1.CF.CNc1nc(NC)c2c(-c3ccn4nccc4n3)ccn2n1. The molecule has 2 aliphatic heterocycles. The summed E-state index contributed by atoms with van der Waals surface area (Å²) in [5.74, 6) is 1.30. The topological polar surface area (TPSA) is 96.9 Å². The zero-order valence-corrected chi connectivity index (χ0v) is 19.2. The molecule has 2 fully saturated rings. The number of likely N-dealkylation sites (tertiary alicyclic amines) is 1. The van der Waals surface area contributed by atoms with E-state index in [-0.39, 0.29) is 0 Å². The summed E-state index contributed by atoms with van der Waals surface area (Å²) in [5, 5.41) is 14.6. The number of fused-ring (bicyclic) bond motifs is 2. The third-order valence-corrected chi connectivity index (χ3v) is 5.78. The summed E-state index contributed by atoms with van der Waals surface area (Å²) in [7, 11) is 4.13. The van der Waals surface area contributed by atoms with Crippen molar-refractivity contribution < 1.29 is 9.13 Å². The maximum Gasteiger partial charge on any atom is 0.242 e. The highest BCUT2D eigenvalue weighted by Crippen LogP contribution is 2.29. The van der Waals surface area contributed by atoms with Gasteiger partial charge in [0.15, 0.2) is 11.5 Å². The van der Waals surface area contributed by atoms with Crippen molar-refractivity contribution in [1.29, 1.82) is 0 Å². The van der Waals surface area contributed by atoms with Crippen LogP contribution in [-0.4, -0.2) is 87.7 Å². The first kappa shape index (κ1) is 22.9. The van der Waals surface area contributed by atoms with Crippen LogP contribution in [0.1, 0.15) is 12.8 Å². The van der Waals surface area contributed by atoms with E-state index in [0.29, 0.717) is 13.1 Å². The number of halogens is 1. The molecule has 0 amide bonds. The summed E-state index contributed by atoms with van der Waals surface area (Å²) < 4.78 is 18.1. The first-order valence-corrected chi connectivity index (χ1v) is 11.0. The van der Waals surface area contributed by atoms with Gasteiger partial charge in [0.25, 0.3) is 0 Å². The molecule has 2 N–H and O–H groups in total. The molecule has 0 aliphatic carbocycles. The molecule has 4 aromatic heterocycles. The van der Waals surface area contributed by atoms with Crippen LogP contribution in [0, 0.1) is 0 Å². The largest absolute Gasteiger partial charge is 0.378 e. The van der Waals surface area contributed by atoms with Crippen molar-refractivity contribution in [3.05, 3.63) is 36.8 Å². The summed E-state index contributed by atoms with van der Waals surface area (Å²) in [5.41, 5.74) is 3.51. The van der Waals surface area contributed by atoms with Gasteiger partial charge in [0.1, 0.15) is 5.52 Å². The molecule has 0 aromatic carbocycles. The van der Waals surface area contributed by atoms with Gasteiger partial charge in [0.05, 0.1) is 38.3 Å². The van der Waals surface area contributed by atoms with Gasteiger partial charge in [-0.1, -0.05) is 0 Å². The Morgan fingerprint density at radius 2 is 1.73 bits per heavy atom. The Morgan fingerprint density at radius 3 is 2.39 bits per heavy atom. The highest BCUT2D eigenvalue weighted by Gasteiger charge is 2.27. The summed E-state index contributed by atoms with van der Waals surface area (Å²) in [4.78, 5) is 11.6. The first-order chi connectivity index (χ1) is 16.3. The van der Waals surface area contributed by atoms with Gasteiger partial charge >= 0.3 is 0 Å². The molecule has 4 aromatic rings. The molecular formula is C22H30FN9O. The normalized spacial score (nSPS) is 16.0. The van der Waals surface area contributed by atoms with E-state index in [4.69, 9.17) is 4.74 Å². The lowest BCUT2D eigenvalue weighted by Gasteiger charge is -2.34. The van der Waals surface area contributed by atoms with Gasteiger partial charge in [-0.05, 0) is 38.1 Å². The molecule has 2 saturated heterocycles. The minimum Gasteiger partial charge on any atom is -0.378 e. The van der Waals surface area contributed by atoms with Crippen molar-refractivity contribution in [2.24, 2.45) is 0 Å². The van der Waals surface area contributed by atoms with E-state index < -0.39 is 0 Å². The van der Waals surface area contributed by atoms with E-state index >= 15 is 0 Å². The Hall–Kier alpha value is -3.31. The molecular weight excluding hydrogens is 425 g/mol. The Kier molecular flexibility index (Phi) is 7.30. The van der Waals surface area contributed by atoms with Gasteiger partial charge in [0, 0.05) is 38.1 Å². The van der Waals surface area contributed by atoms with Gasteiger partial charge in [0.2, 0.25) is 5.95 Å². The Labute approximate surface area is 191 Å². The number of hydrogen-bond donors (Lipinski definition) is 2. The Balaban J connectivity index is 0.000000196. The van der Waals surface area contributed by atoms with Crippen molar-refractivity contribution in [3.63, 3.8) is 0 Å². The predicted molar refractivity (Wildman–Crippen MR) is 127 cm³/mol. The maximum atomic E-state index is 9.50. The Bertz CT molecular complexity index is 1180. The number of alkyl halides is 1. The van der Waals surface area contributed by atoms with E-state index in [2.05, 4.69) is 35.7 Å². The molecule has 2 aliphatic rings. The fourth-order valence-corrected chi connectivity index (χ4v) is 4.01. The van der Waals surface area contributed by atoms with Crippen molar-refractivity contribution in [2.75, 3.05) is 58.2 Å². The van der Waals surface area contributed by atoms with Crippen molar-refractivity contribution in [1.82, 2.24) is 34.1 Å². The van der Waals surface area contributed by atoms with Gasteiger partial charge in [-0.15, -0.1) is 5.10 Å². The fourth-order valence-electron chi connectivity index (χ4n) is 4.01. The molecule has 0 spiro atoms. The predicted octanol–water partition coefficient (Wildman–Crippen LogP) is 2.59. The lowest BCUT2D eigenvalue weighted by atomic mass is 10.2. The number of anilines is 2. The third kappa shape index (κ3) is 4.74. The number of hydrogen-bond acceptors (Lipinski definition) is 8. The lowest BCUT2D eigenvalue weighted by Crippen LogP contribution is -2.47. The molecule has 10 nitrogen and oxygen atoms in total. The number of ether oxygens (including phenoxy) is 1. The zero-order chi connectivity index (χ0) is 23.2. The summed E-state index contributed by atoms with van der Waals surface area (Å²) in [6.07, 6.45) is 8.32. The van der Waals surface area contributed by atoms with Crippen LogP contribution in [-0.2, 0) is 4.74 Å². The highest BCUT2D eigenvalue weighted by atomic mass is 19.1. The van der Waals surface area contributed by atoms with E-state index in [0.717, 1.165) is 47.5 Å². The summed E-state index contributed by atoms with van der Waals surface area (Å²) in [6, 6.07) is 6.57. The van der Waals surface area contributed by atoms with Crippen LogP contribution in [0.15, 0.2) is 36.8 Å². The van der Waals surface area contributed by atoms with Crippen LogP contribution in [0.2, 0.25) is 0 Å². The quantitative estimate of drug-likeness (QED) is 0.485. The first-order valence-electron chi connectivity index (χ1n) is 11.0. The zero-order valence-electron chi connectivity index (χ0n) is 19.2. The number of nitrogens with one attached hydrogen (secondary N) is 2. The average molecular weight is 456 g/mol. The molecule has 0 atom stereocenters. The van der Waals surface area contributed by atoms with E-state index in [1.54, 1.807) is 22.3 Å². The summed E-state index contributed by atoms with van der Waals surface area (Å²) >= 11 is 0. The molecule has 6 rings (SSSR count). The standard InChI is InChI=1S/C14H14N8.C7H13NO.CH3F/c1-15-13-12-9(4-7-22(12)20-14(16-2)19-13)10-5-8-21-11(18-10)3-6-17-21;1-2-4-8(3-1)7-5-9-6-7;1-2/h3-8H,1-2H3,(H2,15,16,19,20);7H,1-6H2;1H3. The molecule has 0 saturated carbocycles. The minimum absolute atomic E-state index is 0.500. The van der Waals surface area contributed by atoms with Crippen LogP contribution < -0.4 is 10.6 Å². The van der Waals surface area contributed by atoms with Crippen molar-refractivity contribution in [2.45, 2.75) is 18.9 Å². The molecule has 0 bridgehead atoms. The van der Waals surface area contributed by atoms with Crippen LogP contribution >= 0.6 is 0 Å². The summed E-state index contributed by atoms with van der Waals surface area (Å²) in [6.45, 7) is 4.60. The minimum atomic E-state index is 0.500. The fraction of sp³-hybridized carbons (Fsp3) is 0.455. The second-order valence-corrected chi connectivity index (χ2v) is 7.69. The van der Waals surface area contributed by atoms with Gasteiger partial charge in [-0.3, -0.25) is 9.29 Å². The van der Waals surface area contributed by atoms with Crippen LogP contribution in [0.5, 0.6) is 0 Å². The van der Waals surface area contributed by atoms with Gasteiger partial charge in [-0.2, -0.15) is 10.1 Å². The van der Waals surface area contributed by atoms with Crippen molar-refractivity contribution >= 4 is 22.9 Å². The molecule has 176 valence electrons. The van der Waals surface area contributed by atoms with Gasteiger partial charge in [-0.25, -0.2) is 14.0 Å². The smallest absolute Gasteiger partial charge is 0.242 e. The van der Waals surface area contributed by atoms with Crippen LogP contribution in [0.3, 0.4) is 0 Å². The molecule has 6 heterocycles. The average Bonchev–Trinajstić information content (AvgIpc) is 3.59. The maximum absolute atomic E-state index is 9.50. The lowest BCUT2D eigenvalue weighted by molar-refractivity contribution is -0.0569. The van der Waals surface area contributed by atoms with Crippen molar-refractivity contribution in [3.8, 4) is 11.3 Å². The van der Waals surface area contributed by atoms with Crippen LogP contribution in [0.4, 0.5) is 16.2 Å². The van der Waals surface area contributed by atoms with E-state index in [9.17, 15) is 4.39 Å². The number of nitrogens with zero attached hydrogens (tertiary/aromatic N) is 7. The highest BCUT2D eigenvalue weighted by molar-refractivity contribution is 5.87. The van der Waals surface area contributed by atoms with Gasteiger partial charge < -0.3 is 15.4 Å². The Morgan fingerprint density at radius 1 is 0.970 bits per heavy atom. The van der Waals surface area contributed by atoms with Crippen LogP contribution in [0.25, 0.3) is 22.4 Å². The molecule has 0 radical (unpaired) electrons. The number of rotatable bonds is 4. The second kappa shape index (κ2) is 10.5. The van der Waals surface area contributed by atoms with E-state index in [1.165, 1.54) is 25.9 Å². The van der Waals surface area contributed by atoms with E-state index in [1.807, 2.05) is 37.6 Å². The molecule has 33 heavy (non-hydrogen) atoms. The second-order valence-electron chi connectivity index (χ2n) is 7.69. The number of aromatic nitrogens is 6. The monoisotopic (exact) mass is 455 g/mol.